The lowest BCUT2D eigenvalue weighted by Gasteiger charge is -2.57. The highest BCUT2D eigenvalue weighted by atomic mass is 35.5. The van der Waals surface area contributed by atoms with Crippen LogP contribution in [0, 0.1) is 21.3 Å². The molecule has 0 radical (unpaired) electrons. The summed E-state index contributed by atoms with van der Waals surface area (Å²) in [6.07, 6.45) is 10.0. The predicted molar refractivity (Wildman–Crippen MR) is 253 cm³/mol. The number of pyridine rings is 2. The van der Waals surface area contributed by atoms with Gasteiger partial charge in [0.05, 0.1) is 27.7 Å². The molecule has 0 bridgehead atoms. The third-order valence-electron chi connectivity index (χ3n) is 14.0. The lowest BCUT2D eigenvalue weighted by atomic mass is 9.70. The number of amides is 1. The first-order valence-corrected chi connectivity index (χ1v) is 24.7. The van der Waals surface area contributed by atoms with Gasteiger partial charge in [-0.15, -0.1) is 0 Å². The second-order valence-corrected chi connectivity index (χ2v) is 20.9. The van der Waals surface area contributed by atoms with Crippen molar-refractivity contribution in [2.24, 2.45) is 5.41 Å². The van der Waals surface area contributed by atoms with Crippen molar-refractivity contribution in [3.05, 3.63) is 105 Å². The zero-order valence-corrected chi connectivity index (χ0v) is 39.4. The Kier molecular flexibility index (Phi) is 13.6. The monoisotopic (exact) mass is 944 g/mol. The molecule has 5 heterocycles. The van der Waals surface area contributed by atoms with Crippen molar-refractivity contribution >= 4 is 55.8 Å². The van der Waals surface area contributed by atoms with E-state index < -0.39 is 42.9 Å². The lowest BCUT2D eigenvalue weighted by molar-refractivity contribution is -0.384. The first-order valence-electron chi connectivity index (χ1n) is 22.9. The van der Waals surface area contributed by atoms with Crippen LogP contribution in [0.5, 0.6) is 11.5 Å². The van der Waals surface area contributed by atoms with Gasteiger partial charge in [-0.1, -0.05) is 63.1 Å². The Morgan fingerprint density at radius 2 is 1.88 bits per heavy atom. The number of hydrogen-bond donors (Lipinski definition) is 4. The minimum Gasteiger partial charge on any atom is -0.453 e. The molecule has 2 aromatic carbocycles. The number of H-pyrrole nitrogens is 1. The number of aliphatic hydroxyl groups is 1. The average Bonchev–Trinajstić information content (AvgIpc) is 3.91. The summed E-state index contributed by atoms with van der Waals surface area (Å²) in [5.41, 5.74) is 2.48. The summed E-state index contributed by atoms with van der Waals surface area (Å²) in [5.74, 6) is -0.930. The highest BCUT2D eigenvalue weighted by molar-refractivity contribution is 7.90. The zero-order chi connectivity index (χ0) is 47.0. The third kappa shape index (κ3) is 9.99. The van der Waals surface area contributed by atoms with Crippen molar-refractivity contribution in [3.63, 3.8) is 0 Å². The average molecular weight is 946 g/mol. The van der Waals surface area contributed by atoms with Crippen LogP contribution >= 0.6 is 11.6 Å². The Hall–Kier alpha value is -5.36. The smallest absolute Gasteiger partial charge is 0.312 e. The number of benzene rings is 2. The molecule has 2 aliphatic heterocycles. The Bertz CT molecular complexity index is 2720. The molecule has 3 atom stereocenters. The van der Waals surface area contributed by atoms with Crippen LogP contribution in [0.3, 0.4) is 0 Å². The number of aromatic nitrogens is 3. The Morgan fingerprint density at radius 1 is 1.12 bits per heavy atom. The van der Waals surface area contributed by atoms with E-state index >= 15 is 0 Å². The summed E-state index contributed by atoms with van der Waals surface area (Å²) < 4.78 is 50.3. The minimum absolute atomic E-state index is 0.0626. The quantitative estimate of drug-likeness (QED) is 0.0299. The second kappa shape index (κ2) is 19.1. The summed E-state index contributed by atoms with van der Waals surface area (Å²) in [5, 5.41) is 25.2. The van der Waals surface area contributed by atoms with Gasteiger partial charge in [0.2, 0.25) is 5.82 Å². The maximum atomic E-state index is 14.7. The van der Waals surface area contributed by atoms with E-state index in [0.29, 0.717) is 50.1 Å². The number of likely N-dealkylation sites (tertiary alicyclic amines) is 1. The third-order valence-corrected chi connectivity index (χ3v) is 15.5. The van der Waals surface area contributed by atoms with Crippen LogP contribution in [0.15, 0.2) is 71.9 Å². The number of nitrogens with one attached hydrogen (secondary N) is 3. The molecule has 1 saturated carbocycles. The van der Waals surface area contributed by atoms with E-state index in [1.54, 1.807) is 19.1 Å². The molecule has 4 N–H and O–H groups in total. The number of rotatable bonds is 17. The van der Waals surface area contributed by atoms with Crippen LogP contribution in [0.25, 0.3) is 11.0 Å². The number of nitrogens with zero attached hydrogens (tertiary/aromatic N) is 5. The first kappa shape index (κ1) is 47.1. The molecule has 5 aromatic rings. The number of piperidine rings is 1. The van der Waals surface area contributed by atoms with Crippen LogP contribution in [0.2, 0.25) is 5.15 Å². The summed E-state index contributed by atoms with van der Waals surface area (Å²) in [6, 6.07) is 16.4. The molecule has 2 saturated heterocycles. The minimum atomic E-state index is -4.71. The van der Waals surface area contributed by atoms with Gasteiger partial charge in [-0.2, -0.15) is 0 Å². The normalized spacial score (nSPS) is 19.5. The maximum Gasteiger partial charge on any atom is 0.312 e. The summed E-state index contributed by atoms with van der Waals surface area (Å²) in [6.45, 7) is 12.1. The molecule has 18 heteroatoms. The van der Waals surface area contributed by atoms with Gasteiger partial charge in [-0.05, 0) is 105 Å². The zero-order valence-electron chi connectivity index (χ0n) is 37.8. The van der Waals surface area contributed by atoms with Crippen molar-refractivity contribution in [1.82, 2.24) is 24.6 Å². The van der Waals surface area contributed by atoms with Crippen LogP contribution < -0.4 is 19.7 Å². The van der Waals surface area contributed by atoms with E-state index in [2.05, 4.69) is 68.2 Å². The number of hydrogen-bond acceptors (Lipinski definition) is 12. The molecule has 1 spiro atoms. The molecule has 3 aromatic heterocycles. The summed E-state index contributed by atoms with van der Waals surface area (Å²) in [7, 11) is -4.71. The van der Waals surface area contributed by atoms with Gasteiger partial charge in [0.25, 0.3) is 15.9 Å². The van der Waals surface area contributed by atoms with Gasteiger partial charge >= 0.3 is 5.69 Å². The van der Waals surface area contributed by atoms with E-state index in [0.717, 1.165) is 63.2 Å². The highest BCUT2D eigenvalue weighted by Crippen LogP contribution is 2.49. The molecule has 1 aliphatic carbocycles. The number of halogens is 2. The lowest BCUT2D eigenvalue weighted by Crippen LogP contribution is -2.63. The number of unbranched alkanes of at least 4 members (excludes halogenated alkanes) is 1. The molecule has 15 nitrogen and oxygen atoms in total. The molecule has 8 rings (SSSR count). The van der Waals surface area contributed by atoms with Crippen LogP contribution in [0.4, 0.5) is 21.6 Å². The molecular weight excluding hydrogens is 887 g/mol. The van der Waals surface area contributed by atoms with Crippen molar-refractivity contribution < 1.29 is 32.4 Å². The predicted octanol–water partition coefficient (Wildman–Crippen LogP) is 9.67. The number of nitro groups is 1. The van der Waals surface area contributed by atoms with Gasteiger partial charge in [0.1, 0.15) is 22.1 Å². The van der Waals surface area contributed by atoms with Gasteiger partial charge in [0.15, 0.2) is 10.9 Å². The Morgan fingerprint density at radius 3 is 2.61 bits per heavy atom. The van der Waals surface area contributed by atoms with E-state index in [1.165, 1.54) is 42.5 Å². The molecule has 0 unspecified atom stereocenters. The highest BCUT2D eigenvalue weighted by Gasteiger charge is 2.49. The SMILES string of the molecule is CC[C@@](C)(O)CCCCNc1ncc(S(=O)(=O)NC(=O)c2ccc(N3CCC4(CC3)CN([C@@H]3CCC[C@@H]3c3ccccc3C(C)C)C4)cc2Oc2cc3c(F)c[nH]c3nc2Cl)cc1[N+](=O)[O-]. The number of fused-ring (bicyclic) bond motifs is 1. The molecule has 3 aliphatic rings. The van der Waals surface area contributed by atoms with Gasteiger partial charge in [-0.25, -0.2) is 27.5 Å². The molecule has 3 fully saturated rings. The van der Waals surface area contributed by atoms with Crippen molar-refractivity contribution in [2.75, 3.05) is 42.9 Å². The number of anilines is 2. The Labute approximate surface area is 389 Å². The molecule has 352 valence electrons. The standard InChI is InChI=1S/C48H58ClFN8O7S/c1-5-47(4,60)17-8-9-20-51-45-40(58(61)62)24-32(26-52-45)66(63,64)55-46(59)36-16-15-31(23-41(36)65-42-25-37-38(50)27-53-44(37)54-43(42)49)56-21-18-48(19-22-56)28-57(29-48)39-14-10-13-35(39)34-12-7-6-11-33(34)30(2)3/h6-7,11-12,15-16,23-27,30,35,39,60H,5,8-10,13-14,17-22,28-29H2,1-4H3,(H,51,52)(H,53,54)(H,55,59)/t35-,39-,47-/m1/s1. The largest absolute Gasteiger partial charge is 0.453 e. The van der Waals surface area contributed by atoms with E-state index in [9.17, 15) is 32.8 Å². The van der Waals surface area contributed by atoms with E-state index in [4.69, 9.17) is 16.3 Å². The van der Waals surface area contributed by atoms with Crippen molar-refractivity contribution in [1.29, 1.82) is 0 Å². The Balaban J connectivity index is 0.982. The van der Waals surface area contributed by atoms with Crippen LogP contribution in [-0.4, -0.2) is 88.6 Å². The van der Waals surface area contributed by atoms with Crippen LogP contribution in [0.1, 0.15) is 119 Å². The second-order valence-electron chi connectivity index (χ2n) is 18.8. The summed E-state index contributed by atoms with van der Waals surface area (Å²) >= 11 is 6.50. The first-order chi connectivity index (χ1) is 31.5. The summed E-state index contributed by atoms with van der Waals surface area (Å²) in [4.78, 5) is 40.5. The molecular formula is C48H58ClFN8O7S. The fraction of sp³-hybridized carbons (Fsp3) is 0.479. The number of carbonyl (C=O) groups excluding carboxylic acids is 1. The van der Waals surface area contributed by atoms with E-state index in [-0.39, 0.29) is 44.5 Å². The van der Waals surface area contributed by atoms with Crippen molar-refractivity contribution in [3.8, 4) is 11.5 Å². The fourth-order valence-electron chi connectivity index (χ4n) is 9.97. The molecule has 66 heavy (non-hydrogen) atoms. The number of aromatic amines is 1. The number of carbonyl (C=O) groups is 1. The maximum absolute atomic E-state index is 14.7. The van der Waals surface area contributed by atoms with Gasteiger partial charge in [-0.3, -0.25) is 19.8 Å². The fourth-order valence-corrected chi connectivity index (χ4v) is 11.1. The number of ether oxygens (including phenoxy) is 1. The van der Waals surface area contributed by atoms with Crippen molar-refractivity contribution in [2.45, 2.75) is 114 Å². The van der Waals surface area contributed by atoms with Gasteiger partial charge < -0.3 is 25.0 Å². The van der Waals surface area contributed by atoms with Crippen LogP contribution in [-0.2, 0) is 10.0 Å². The van der Waals surface area contributed by atoms with E-state index in [1.807, 2.05) is 11.6 Å². The van der Waals surface area contributed by atoms with Gasteiger partial charge in [0, 0.05) is 62.8 Å². The topological polar surface area (TPSA) is 196 Å². The number of sulfonamides is 1. The molecule has 1 amide bonds.